The average Bonchev–Trinajstić information content (AvgIpc) is 2.53. The van der Waals surface area contributed by atoms with E-state index in [-0.39, 0.29) is 0 Å². The molecule has 0 spiro atoms. The molecule has 0 radical (unpaired) electrons. The van der Waals surface area contributed by atoms with Gasteiger partial charge in [-0.1, -0.05) is 11.6 Å². The van der Waals surface area contributed by atoms with Gasteiger partial charge in [-0.15, -0.1) is 0 Å². The van der Waals surface area contributed by atoms with Gasteiger partial charge in [0.05, 0.1) is 14.2 Å². The van der Waals surface area contributed by atoms with E-state index in [0.717, 1.165) is 23.2 Å². The molecule has 2 rings (SSSR count). The molecule has 0 aliphatic carbocycles. The first-order chi connectivity index (χ1) is 10.6. The number of aldehydes is 1. The lowest BCUT2D eigenvalue weighted by molar-refractivity contribution is 0.112. The summed E-state index contributed by atoms with van der Waals surface area (Å²) in [5.41, 5.74) is 2.56. The van der Waals surface area contributed by atoms with E-state index >= 15 is 0 Å². The normalized spacial score (nSPS) is 10.2. The van der Waals surface area contributed by atoms with Crippen molar-refractivity contribution >= 4 is 22.2 Å². The smallest absolute Gasteiger partial charge is 0.162 e. The number of ether oxygens (including phenoxy) is 3. The van der Waals surface area contributed by atoms with Crippen molar-refractivity contribution in [3.05, 3.63) is 51.5 Å². The van der Waals surface area contributed by atoms with Crippen molar-refractivity contribution in [1.29, 1.82) is 0 Å². The zero-order valence-corrected chi connectivity index (χ0v) is 14.3. The van der Waals surface area contributed by atoms with E-state index in [1.54, 1.807) is 26.4 Å². The summed E-state index contributed by atoms with van der Waals surface area (Å²) in [6.07, 6.45) is 0.767. The van der Waals surface area contributed by atoms with Crippen LogP contribution in [-0.4, -0.2) is 20.5 Å². The number of hydrogen-bond donors (Lipinski definition) is 0. The third kappa shape index (κ3) is 3.60. The van der Waals surface area contributed by atoms with Crippen LogP contribution < -0.4 is 14.2 Å². The van der Waals surface area contributed by atoms with E-state index in [2.05, 4.69) is 15.9 Å². The Hall–Kier alpha value is -2.01. The van der Waals surface area contributed by atoms with Gasteiger partial charge in [-0.25, -0.2) is 0 Å². The number of carbonyl (C=O) groups is 1. The first kappa shape index (κ1) is 16.4. The van der Waals surface area contributed by atoms with E-state index in [4.69, 9.17) is 14.2 Å². The van der Waals surface area contributed by atoms with E-state index in [1.807, 2.05) is 25.1 Å². The second kappa shape index (κ2) is 7.31. The molecule has 2 aromatic rings. The number of methoxy groups -OCH3 is 2. The van der Waals surface area contributed by atoms with Crippen LogP contribution in [0.2, 0.25) is 0 Å². The van der Waals surface area contributed by atoms with Crippen LogP contribution in [0.25, 0.3) is 0 Å². The van der Waals surface area contributed by atoms with E-state index in [9.17, 15) is 4.79 Å². The minimum Gasteiger partial charge on any atom is -0.496 e. The first-order valence-corrected chi connectivity index (χ1v) is 7.47. The third-order valence-corrected chi connectivity index (χ3v) is 3.92. The minimum absolute atomic E-state index is 0.321. The Labute approximate surface area is 138 Å². The van der Waals surface area contributed by atoms with Crippen LogP contribution in [-0.2, 0) is 6.61 Å². The molecule has 0 atom stereocenters. The van der Waals surface area contributed by atoms with Crippen LogP contribution in [0.5, 0.6) is 17.2 Å². The molecule has 0 bridgehead atoms. The third-order valence-electron chi connectivity index (χ3n) is 3.23. The summed E-state index contributed by atoms with van der Waals surface area (Å²) in [5.74, 6) is 1.83. The molecule has 5 heteroatoms. The monoisotopic (exact) mass is 364 g/mol. The van der Waals surface area contributed by atoms with Crippen molar-refractivity contribution in [2.75, 3.05) is 14.2 Å². The van der Waals surface area contributed by atoms with Gasteiger partial charge in [0.2, 0.25) is 0 Å². The molecule has 0 fully saturated rings. The summed E-state index contributed by atoms with van der Waals surface area (Å²) in [6, 6.07) is 9.26. The number of rotatable bonds is 6. The topological polar surface area (TPSA) is 44.8 Å². The van der Waals surface area contributed by atoms with Gasteiger partial charge in [-0.05, 0) is 47.1 Å². The Morgan fingerprint density at radius 2 is 1.77 bits per heavy atom. The average molecular weight is 365 g/mol. The van der Waals surface area contributed by atoms with Crippen molar-refractivity contribution in [3.8, 4) is 17.2 Å². The fourth-order valence-electron chi connectivity index (χ4n) is 2.09. The quantitative estimate of drug-likeness (QED) is 0.721. The maximum absolute atomic E-state index is 11.1. The Kier molecular flexibility index (Phi) is 5.44. The summed E-state index contributed by atoms with van der Waals surface area (Å²) in [4.78, 5) is 11.1. The minimum atomic E-state index is 0.321. The molecule has 2 aromatic carbocycles. The predicted molar refractivity (Wildman–Crippen MR) is 88.1 cm³/mol. The molecule has 0 unspecified atom stereocenters. The van der Waals surface area contributed by atoms with Gasteiger partial charge in [0, 0.05) is 15.6 Å². The molecular formula is C17H17BrO4. The number of aryl methyl sites for hydroxylation is 1. The first-order valence-electron chi connectivity index (χ1n) is 6.68. The van der Waals surface area contributed by atoms with E-state index < -0.39 is 0 Å². The molecule has 116 valence electrons. The Morgan fingerprint density at radius 1 is 1.05 bits per heavy atom. The van der Waals surface area contributed by atoms with Crippen molar-refractivity contribution < 1.29 is 19.0 Å². The van der Waals surface area contributed by atoms with Crippen molar-refractivity contribution in [2.24, 2.45) is 0 Å². The van der Waals surface area contributed by atoms with Gasteiger partial charge in [0.25, 0.3) is 0 Å². The second-order valence-corrected chi connectivity index (χ2v) is 5.60. The molecular weight excluding hydrogens is 348 g/mol. The maximum atomic E-state index is 11.1. The summed E-state index contributed by atoms with van der Waals surface area (Å²) in [6.45, 7) is 2.33. The number of hydrogen-bond acceptors (Lipinski definition) is 4. The molecule has 22 heavy (non-hydrogen) atoms. The molecule has 0 aliphatic heterocycles. The summed E-state index contributed by atoms with van der Waals surface area (Å²) >= 11 is 3.32. The Morgan fingerprint density at radius 3 is 2.41 bits per heavy atom. The highest BCUT2D eigenvalue weighted by Gasteiger charge is 2.11. The van der Waals surface area contributed by atoms with Gasteiger partial charge in [-0.3, -0.25) is 4.79 Å². The lowest BCUT2D eigenvalue weighted by Crippen LogP contribution is -2.01. The predicted octanol–water partition coefficient (Wildman–Crippen LogP) is 4.17. The van der Waals surface area contributed by atoms with Crippen LogP contribution >= 0.6 is 15.9 Å². The zero-order chi connectivity index (χ0) is 16.1. The highest BCUT2D eigenvalue weighted by Crippen LogP contribution is 2.34. The van der Waals surface area contributed by atoms with Crippen LogP contribution in [0.3, 0.4) is 0 Å². The number of benzene rings is 2. The molecule has 4 nitrogen and oxygen atoms in total. The van der Waals surface area contributed by atoms with Gasteiger partial charge in [0.1, 0.15) is 12.4 Å². The standard InChI is InChI=1S/C17H17BrO4/c1-11-4-5-15(20-2)13(6-11)10-22-17-7-12(9-19)14(18)8-16(17)21-3/h4-9H,10H2,1-3H3. The van der Waals surface area contributed by atoms with Gasteiger partial charge in [0.15, 0.2) is 17.8 Å². The lowest BCUT2D eigenvalue weighted by atomic mass is 10.1. The summed E-state index contributed by atoms with van der Waals surface area (Å²) < 4.78 is 17.1. The largest absolute Gasteiger partial charge is 0.496 e. The molecule has 0 heterocycles. The van der Waals surface area contributed by atoms with Crippen molar-refractivity contribution in [1.82, 2.24) is 0 Å². The highest BCUT2D eigenvalue weighted by molar-refractivity contribution is 9.10. The van der Waals surface area contributed by atoms with E-state index in [1.165, 1.54) is 0 Å². The molecule has 0 aliphatic rings. The molecule has 0 aromatic heterocycles. The fourth-order valence-corrected chi connectivity index (χ4v) is 2.50. The molecule has 0 saturated heterocycles. The van der Waals surface area contributed by atoms with Crippen molar-refractivity contribution in [3.63, 3.8) is 0 Å². The SMILES string of the molecule is COc1ccc(C)cc1COc1cc(C=O)c(Br)cc1OC. The van der Waals surface area contributed by atoms with E-state index in [0.29, 0.717) is 28.1 Å². The maximum Gasteiger partial charge on any atom is 0.162 e. The van der Waals surface area contributed by atoms with Crippen molar-refractivity contribution in [2.45, 2.75) is 13.5 Å². The highest BCUT2D eigenvalue weighted by atomic mass is 79.9. The fraction of sp³-hybridized carbons (Fsp3) is 0.235. The molecule has 0 amide bonds. The zero-order valence-electron chi connectivity index (χ0n) is 12.7. The van der Waals surface area contributed by atoms with Crippen LogP contribution in [0.1, 0.15) is 21.5 Å². The van der Waals surface area contributed by atoms with Gasteiger partial charge in [-0.2, -0.15) is 0 Å². The second-order valence-electron chi connectivity index (χ2n) is 4.75. The van der Waals surface area contributed by atoms with Gasteiger partial charge < -0.3 is 14.2 Å². The summed E-state index contributed by atoms with van der Waals surface area (Å²) in [5, 5.41) is 0. The number of carbonyl (C=O) groups excluding carboxylic acids is 1. The summed E-state index contributed by atoms with van der Waals surface area (Å²) in [7, 11) is 3.18. The molecule has 0 N–H and O–H groups in total. The van der Waals surface area contributed by atoms with Crippen LogP contribution in [0.4, 0.5) is 0 Å². The Bertz CT molecular complexity index is 683. The Balaban J connectivity index is 2.28. The van der Waals surface area contributed by atoms with Gasteiger partial charge >= 0.3 is 0 Å². The lowest BCUT2D eigenvalue weighted by Gasteiger charge is -2.14. The van der Waals surface area contributed by atoms with Crippen LogP contribution in [0.15, 0.2) is 34.8 Å². The van der Waals surface area contributed by atoms with Crippen LogP contribution in [0, 0.1) is 6.92 Å². The number of halogens is 1. The molecule has 0 saturated carbocycles.